The van der Waals surface area contributed by atoms with Gasteiger partial charge in [0.15, 0.2) is 0 Å². The molecule has 25 heavy (non-hydrogen) atoms. The van der Waals surface area contributed by atoms with Crippen LogP contribution in [0.25, 0.3) is 0 Å². The number of rotatable bonds is 7. The second-order valence-electron chi connectivity index (χ2n) is 6.81. The van der Waals surface area contributed by atoms with Gasteiger partial charge in [-0.1, -0.05) is 36.8 Å². The zero-order valence-electron chi connectivity index (χ0n) is 14.4. The highest BCUT2D eigenvalue weighted by molar-refractivity contribution is 7.07. The molecule has 0 spiro atoms. The Labute approximate surface area is 153 Å². The lowest BCUT2D eigenvalue weighted by Gasteiger charge is -2.30. The molecule has 134 valence electrons. The number of thiophene rings is 1. The fourth-order valence-electron chi connectivity index (χ4n) is 3.69. The molecule has 2 aromatic rings. The SMILES string of the molecule is NC[C@H]1CCC[C@H]1C(=O)N(Cc1ccccc1)CC(O)c1ccsc1. The third-order valence-electron chi connectivity index (χ3n) is 5.13. The van der Waals surface area contributed by atoms with Crippen LogP contribution < -0.4 is 5.73 Å². The molecule has 1 aliphatic rings. The number of amides is 1. The molecule has 0 radical (unpaired) electrons. The molecule has 1 aromatic carbocycles. The van der Waals surface area contributed by atoms with Crippen molar-refractivity contribution in [3.05, 3.63) is 58.3 Å². The largest absolute Gasteiger partial charge is 0.387 e. The number of nitrogens with zero attached hydrogens (tertiary/aromatic N) is 1. The Kier molecular flexibility index (Phi) is 6.24. The van der Waals surface area contributed by atoms with Crippen molar-refractivity contribution in [3.8, 4) is 0 Å². The summed E-state index contributed by atoms with van der Waals surface area (Å²) in [6.07, 6.45) is 2.33. The van der Waals surface area contributed by atoms with Crippen molar-refractivity contribution < 1.29 is 9.90 Å². The molecule has 0 saturated heterocycles. The first-order valence-corrected chi connectivity index (χ1v) is 9.86. The van der Waals surface area contributed by atoms with Crippen LogP contribution >= 0.6 is 11.3 Å². The van der Waals surface area contributed by atoms with E-state index in [9.17, 15) is 9.90 Å². The third kappa shape index (κ3) is 4.48. The number of hydrogen-bond acceptors (Lipinski definition) is 4. The first-order valence-electron chi connectivity index (χ1n) is 8.92. The molecule has 1 aromatic heterocycles. The smallest absolute Gasteiger partial charge is 0.226 e. The quantitative estimate of drug-likeness (QED) is 0.799. The van der Waals surface area contributed by atoms with Gasteiger partial charge >= 0.3 is 0 Å². The topological polar surface area (TPSA) is 66.6 Å². The summed E-state index contributed by atoms with van der Waals surface area (Å²) in [4.78, 5) is 15.0. The van der Waals surface area contributed by atoms with Crippen LogP contribution in [0.5, 0.6) is 0 Å². The third-order valence-corrected chi connectivity index (χ3v) is 5.83. The number of aliphatic hydroxyl groups is 1. The zero-order chi connectivity index (χ0) is 17.6. The lowest BCUT2D eigenvalue weighted by molar-refractivity contribution is -0.138. The van der Waals surface area contributed by atoms with Gasteiger partial charge in [-0.15, -0.1) is 0 Å². The van der Waals surface area contributed by atoms with E-state index in [1.54, 1.807) is 11.3 Å². The summed E-state index contributed by atoms with van der Waals surface area (Å²) < 4.78 is 0. The Balaban J connectivity index is 1.77. The van der Waals surface area contributed by atoms with Crippen LogP contribution in [0.3, 0.4) is 0 Å². The molecule has 1 amide bonds. The molecule has 0 bridgehead atoms. The summed E-state index contributed by atoms with van der Waals surface area (Å²) in [7, 11) is 0. The fraction of sp³-hybridized carbons (Fsp3) is 0.450. The van der Waals surface area contributed by atoms with Gasteiger partial charge in [0.25, 0.3) is 0 Å². The Morgan fingerprint density at radius 3 is 2.76 bits per heavy atom. The lowest BCUT2D eigenvalue weighted by Crippen LogP contribution is -2.40. The maximum atomic E-state index is 13.2. The van der Waals surface area contributed by atoms with E-state index in [2.05, 4.69) is 0 Å². The monoisotopic (exact) mass is 358 g/mol. The number of aliphatic hydroxyl groups excluding tert-OH is 1. The summed E-state index contributed by atoms with van der Waals surface area (Å²) in [5, 5.41) is 14.4. The number of carbonyl (C=O) groups excluding carboxylic acids is 1. The van der Waals surface area contributed by atoms with Gasteiger partial charge in [0.2, 0.25) is 5.91 Å². The van der Waals surface area contributed by atoms with E-state index in [-0.39, 0.29) is 17.7 Å². The molecule has 3 rings (SSSR count). The minimum atomic E-state index is -0.656. The molecule has 0 aliphatic heterocycles. The maximum Gasteiger partial charge on any atom is 0.226 e. The Morgan fingerprint density at radius 1 is 1.28 bits per heavy atom. The first kappa shape index (κ1) is 18.1. The molecule has 1 aliphatic carbocycles. The van der Waals surface area contributed by atoms with E-state index in [1.807, 2.05) is 52.1 Å². The minimum absolute atomic E-state index is 0.0108. The molecule has 3 atom stereocenters. The van der Waals surface area contributed by atoms with Gasteiger partial charge in [0.1, 0.15) is 0 Å². The van der Waals surface area contributed by atoms with Crippen LogP contribution in [0.15, 0.2) is 47.2 Å². The second kappa shape index (κ2) is 8.61. The van der Waals surface area contributed by atoms with Gasteiger partial charge in [-0.2, -0.15) is 11.3 Å². The molecule has 1 fully saturated rings. The number of carbonyl (C=O) groups is 1. The summed E-state index contributed by atoms with van der Waals surface area (Å²) >= 11 is 1.56. The first-order chi connectivity index (χ1) is 12.2. The van der Waals surface area contributed by atoms with Gasteiger partial charge in [0.05, 0.1) is 12.6 Å². The van der Waals surface area contributed by atoms with E-state index in [0.29, 0.717) is 19.6 Å². The highest BCUT2D eigenvalue weighted by Crippen LogP contribution is 2.33. The van der Waals surface area contributed by atoms with Crippen LogP contribution in [0.1, 0.15) is 36.5 Å². The normalized spacial score (nSPS) is 21.2. The number of nitrogens with two attached hydrogens (primary N) is 1. The Hall–Kier alpha value is -1.69. The highest BCUT2D eigenvalue weighted by atomic mass is 32.1. The van der Waals surface area contributed by atoms with Crippen molar-refractivity contribution in [2.45, 2.75) is 31.9 Å². The second-order valence-corrected chi connectivity index (χ2v) is 7.59. The lowest BCUT2D eigenvalue weighted by atomic mass is 9.94. The van der Waals surface area contributed by atoms with Crippen molar-refractivity contribution in [1.82, 2.24) is 4.90 Å². The van der Waals surface area contributed by atoms with Gasteiger partial charge in [-0.3, -0.25) is 4.79 Å². The summed E-state index contributed by atoms with van der Waals surface area (Å²) in [5.41, 5.74) is 7.83. The average molecular weight is 359 g/mol. The predicted octanol–water partition coefficient (Wildman–Crippen LogP) is 3.19. The molecule has 4 nitrogen and oxygen atoms in total. The van der Waals surface area contributed by atoms with Crippen LogP contribution in [0.4, 0.5) is 0 Å². The molecule has 5 heteroatoms. The molecular formula is C20H26N2O2S. The molecule has 3 N–H and O–H groups in total. The molecular weight excluding hydrogens is 332 g/mol. The van der Waals surface area contributed by atoms with E-state index < -0.39 is 6.10 Å². The van der Waals surface area contributed by atoms with E-state index in [4.69, 9.17) is 5.73 Å². The summed E-state index contributed by atoms with van der Waals surface area (Å²) in [6.45, 7) is 1.40. The minimum Gasteiger partial charge on any atom is -0.387 e. The van der Waals surface area contributed by atoms with Crippen LogP contribution in [-0.4, -0.2) is 29.0 Å². The Bertz CT molecular complexity index is 660. The van der Waals surface area contributed by atoms with E-state index in [0.717, 1.165) is 30.4 Å². The van der Waals surface area contributed by atoms with Crippen molar-refractivity contribution >= 4 is 17.2 Å². The van der Waals surface area contributed by atoms with Crippen LogP contribution in [0, 0.1) is 11.8 Å². The van der Waals surface area contributed by atoms with Gasteiger partial charge in [0, 0.05) is 12.5 Å². The summed E-state index contributed by atoms with van der Waals surface area (Å²) in [6, 6.07) is 11.9. The van der Waals surface area contributed by atoms with Gasteiger partial charge in [-0.25, -0.2) is 0 Å². The van der Waals surface area contributed by atoms with Gasteiger partial charge in [-0.05, 0) is 53.3 Å². The van der Waals surface area contributed by atoms with Crippen molar-refractivity contribution in [2.75, 3.05) is 13.1 Å². The van der Waals surface area contributed by atoms with Gasteiger partial charge < -0.3 is 15.7 Å². The average Bonchev–Trinajstić information content (AvgIpc) is 3.32. The predicted molar refractivity (Wildman–Crippen MR) is 101 cm³/mol. The zero-order valence-corrected chi connectivity index (χ0v) is 15.2. The van der Waals surface area contributed by atoms with Crippen LogP contribution in [-0.2, 0) is 11.3 Å². The highest BCUT2D eigenvalue weighted by Gasteiger charge is 2.35. The maximum absolute atomic E-state index is 13.2. The van der Waals surface area contributed by atoms with Crippen molar-refractivity contribution in [3.63, 3.8) is 0 Å². The molecule has 1 unspecified atom stereocenters. The summed E-state index contributed by atoms with van der Waals surface area (Å²) in [5.74, 6) is 0.388. The number of benzene rings is 1. The van der Waals surface area contributed by atoms with Crippen molar-refractivity contribution in [1.29, 1.82) is 0 Å². The molecule has 1 saturated carbocycles. The number of hydrogen-bond donors (Lipinski definition) is 2. The fourth-order valence-corrected chi connectivity index (χ4v) is 4.40. The molecule has 1 heterocycles. The van der Waals surface area contributed by atoms with E-state index >= 15 is 0 Å². The standard InChI is InChI=1S/C20H26N2O2S/c21-11-16-7-4-8-18(16)20(24)22(12-15-5-2-1-3-6-15)13-19(23)17-9-10-25-14-17/h1-3,5-6,9-10,14,16,18-19,23H,4,7-8,11-13,21H2/t16-,18-,19?/m1/s1. The van der Waals surface area contributed by atoms with Crippen LogP contribution in [0.2, 0.25) is 0 Å². The van der Waals surface area contributed by atoms with E-state index in [1.165, 1.54) is 0 Å². The van der Waals surface area contributed by atoms with Crippen molar-refractivity contribution in [2.24, 2.45) is 17.6 Å². The Morgan fingerprint density at radius 2 is 2.08 bits per heavy atom.